The zero-order chi connectivity index (χ0) is 2.00. The van der Waals surface area contributed by atoms with Gasteiger partial charge in [0.1, 0.15) is 0 Å². The summed E-state index contributed by atoms with van der Waals surface area (Å²) in [5.41, 5.74) is 0. The summed E-state index contributed by atoms with van der Waals surface area (Å²) in [6.07, 6.45) is 0. The second-order valence-corrected chi connectivity index (χ2v) is 0. The quantitative estimate of drug-likeness (QED) is 0.307. The fraction of sp³-hybridized carbons (Fsp3) is 0. The van der Waals surface area contributed by atoms with Crippen molar-refractivity contribution in [1.29, 1.82) is 0 Å². The number of halogens is 3. The van der Waals surface area contributed by atoms with Crippen molar-refractivity contribution in [3.8, 4) is 0 Å². The van der Waals surface area contributed by atoms with Gasteiger partial charge in [0, 0.05) is 0 Å². The largest absolute Gasteiger partial charge is 2.00 e. The van der Waals surface area contributed by atoms with Crippen LogP contribution in [-0.4, -0.2) is 23.1 Å². The molecule has 0 radical (unpaired) electrons. The molecule has 0 aromatic carbocycles. The minimum atomic E-state index is 0. The maximum absolute atomic E-state index is 4.25. The van der Waals surface area contributed by atoms with Gasteiger partial charge in [0.15, 0.2) is 0 Å². The molecule has 0 aromatic rings. The van der Waals surface area contributed by atoms with Crippen molar-refractivity contribution in [3.05, 3.63) is 13.2 Å². The predicted octanol–water partition coefficient (Wildman–Crippen LogP) is -8.76. The molecular formula is C2H3Br3Mg-2. The van der Waals surface area contributed by atoms with Crippen LogP contribution in [0.15, 0.2) is 6.58 Å². The van der Waals surface area contributed by atoms with E-state index in [2.05, 4.69) is 13.2 Å². The normalized spacial score (nSPS) is 0.667. The molecule has 0 unspecified atom stereocenters. The fourth-order valence-corrected chi connectivity index (χ4v) is 0. The third kappa shape index (κ3) is 38.4. The summed E-state index contributed by atoms with van der Waals surface area (Å²) in [4.78, 5) is 0. The zero-order valence-corrected chi connectivity index (χ0v) is 9.30. The maximum atomic E-state index is 4.25. The number of rotatable bonds is 0. The Kier molecular flexibility index (Phi) is 477. The molecule has 0 rings (SSSR count). The third-order valence-corrected chi connectivity index (χ3v) is 0. The summed E-state index contributed by atoms with van der Waals surface area (Å²) in [5.74, 6) is 0. The SMILES string of the molecule is [Br-].[Br-].[Br-].[CH-]=C.[Mg+2]. The smallest absolute Gasteiger partial charge is 1.00 e. The Morgan fingerprint density at radius 3 is 0.833 bits per heavy atom. The molecule has 0 aliphatic rings. The first-order valence-corrected chi connectivity index (χ1v) is 0.408. The molecule has 36 valence electrons. The van der Waals surface area contributed by atoms with Crippen LogP contribution in [0.4, 0.5) is 0 Å². The van der Waals surface area contributed by atoms with Gasteiger partial charge in [0.2, 0.25) is 0 Å². The molecule has 0 fully saturated rings. The molecule has 0 N–H and O–H groups in total. The Labute approximate surface area is 86.2 Å². The molecule has 0 amide bonds. The zero-order valence-electron chi connectivity index (χ0n) is 3.13. The number of hydrogen-bond donors (Lipinski definition) is 0. The third-order valence-electron chi connectivity index (χ3n) is 0. The van der Waals surface area contributed by atoms with E-state index in [1.165, 1.54) is 0 Å². The van der Waals surface area contributed by atoms with Crippen LogP contribution in [0.25, 0.3) is 0 Å². The van der Waals surface area contributed by atoms with Gasteiger partial charge in [-0.1, -0.05) is 0 Å². The molecule has 0 aliphatic heterocycles. The Bertz CT molecular complexity index is 8.75. The van der Waals surface area contributed by atoms with Crippen molar-refractivity contribution in [2.45, 2.75) is 0 Å². The molecule has 0 aliphatic carbocycles. The van der Waals surface area contributed by atoms with Gasteiger partial charge < -0.3 is 57.5 Å². The van der Waals surface area contributed by atoms with Gasteiger partial charge in [0.25, 0.3) is 0 Å². The second-order valence-electron chi connectivity index (χ2n) is 0. The summed E-state index contributed by atoms with van der Waals surface area (Å²) in [5, 5.41) is 0. The van der Waals surface area contributed by atoms with Gasteiger partial charge in [-0.3, -0.25) is 6.58 Å². The maximum Gasteiger partial charge on any atom is 2.00 e. The molecular weight excluding hydrogens is 288 g/mol. The van der Waals surface area contributed by atoms with Gasteiger partial charge in [-0.05, 0) is 0 Å². The first-order valence-electron chi connectivity index (χ1n) is 0.408. The topological polar surface area (TPSA) is 0 Å². The van der Waals surface area contributed by atoms with E-state index in [0.29, 0.717) is 0 Å². The molecule has 0 nitrogen and oxygen atoms in total. The van der Waals surface area contributed by atoms with E-state index in [-0.39, 0.29) is 74.0 Å². The summed E-state index contributed by atoms with van der Waals surface area (Å²) in [7, 11) is 0. The summed E-state index contributed by atoms with van der Waals surface area (Å²) in [6, 6.07) is 0. The molecule has 6 heavy (non-hydrogen) atoms. The summed E-state index contributed by atoms with van der Waals surface area (Å²) in [6.45, 7) is 7.00. The molecule has 0 spiro atoms. The van der Waals surface area contributed by atoms with Gasteiger partial charge >= 0.3 is 23.1 Å². The monoisotopic (exact) mass is 288 g/mol. The van der Waals surface area contributed by atoms with Crippen LogP contribution in [0.5, 0.6) is 0 Å². The minimum absolute atomic E-state index is 0. The fourth-order valence-electron chi connectivity index (χ4n) is 0. The Hall–Kier alpha value is 1.95. The van der Waals surface area contributed by atoms with Gasteiger partial charge in [0.05, 0.1) is 0 Å². The summed E-state index contributed by atoms with van der Waals surface area (Å²) >= 11 is 0. The van der Waals surface area contributed by atoms with Crippen molar-refractivity contribution in [1.82, 2.24) is 0 Å². The van der Waals surface area contributed by atoms with E-state index in [0.717, 1.165) is 0 Å². The molecule has 0 saturated heterocycles. The van der Waals surface area contributed by atoms with Crippen molar-refractivity contribution in [2.24, 2.45) is 0 Å². The average Bonchev–Trinajstić information content (AvgIpc) is 1.00. The Morgan fingerprint density at radius 2 is 0.833 bits per heavy atom. The molecule has 0 aromatic heterocycles. The molecule has 0 heterocycles. The van der Waals surface area contributed by atoms with Crippen LogP contribution in [0, 0.1) is 6.58 Å². The van der Waals surface area contributed by atoms with Crippen molar-refractivity contribution < 1.29 is 50.9 Å². The molecule has 0 saturated carbocycles. The first kappa shape index (κ1) is 44.2. The molecule has 0 bridgehead atoms. The predicted molar refractivity (Wildman–Crippen MR) is 15.7 cm³/mol. The Balaban J connectivity index is -0.000000000833. The van der Waals surface area contributed by atoms with E-state index in [9.17, 15) is 0 Å². The minimum Gasteiger partial charge on any atom is -1.00 e. The molecule has 4 heteroatoms. The average molecular weight is 291 g/mol. The van der Waals surface area contributed by atoms with Gasteiger partial charge in [-0.2, -0.15) is 0 Å². The van der Waals surface area contributed by atoms with Crippen LogP contribution >= 0.6 is 0 Å². The van der Waals surface area contributed by atoms with E-state index in [4.69, 9.17) is 0 Å². The molecule has 0 atom stereocenters. The first-order chi connectivity index (χ1) is 1.00. The Morgan fingerprint density at radius 1 is 0.833 bits per heavy atom. The van der Waals surface area contributed by atoms with Crippen LogP contribution < -0.4 is 50.9 Å². The van der Waals surface area contributed by atoms with Crippen LogP contribution in [-0.2, 0) is 0 Å². The van der Waals surface area contributed by atoms with Crippen LogP contribution in [0.3, 0.4) is 0 Å². The van der Waals surface area contributed by atoms with E-state index >= 15 is 0 Å². The standard InChI is InChI=1S/C2H3.3BrH.Mg/c1-2;;;;/h1H,2H2;3*1H;/q-1;;;;+2/p-3. The van der Waals surface area contributed by atoms with Crippen LogP contribution in [0.2, 0.25) is 0 Å². The van der Waals surface area contributed by atoms with Crippen molar-refractivity contribution in [3.63, 3.8) is 0 Å². The van der Waals surface area contributed by atoms with E-state index in [1.807, 2.05) is 0 Å². The van der Waals surface area contributed by atoms with E-state index in [1.54, 1.807) is 0 Å². The van der Waals surface area contributed by atoms with E-state index < -0.39 is 0 Å². The van der Waals surface area contributed by atoms with Crippen molar-refractivity contribution >= 4 is 23.1 Å². The van der Waals surface area contributed by atoms with Gasteiger partial charge in [-0.25, -0.2) is 0 Å². The van der Waals surface area contributed by atoms with Crippen molar-refractivity contribution in [2.75, 3.05) is 0 Å². The number of hydrogen-bond acceptors (Lipinski definition) is 0. The van der Waals surface area contributed by atoms with Crippen LogP contribution in [0.1, 0.15) is 0 Å². The second kappa shape index (κ2) is 64.8. The summed E-state index contributed by atoms with van der Waals surface area (Å²) < 4.78 is 0. The van der Waals surface area contributed by atoms with Gasteiger partial charge in [-0.15, -0.1) is 0 Å².